The average Bonchev–Trinajstić information content (AvgIpc) is 3.05. The van der Waals surface area contributed by atoms with Crippen molar-refractivity contribution in [3.63, 3.8) is 0 Å². The number of benzene rings is 1. The summed E-state index contributed by atoms with van der Waals surface area (Å²) in [7, 11) is 0. The van der Waals surface area contributed by atoms with Gasteiger partial charge >= 0.3 is 0 Å². The van der Waals surface area contributed by atoms with E-state index >= 15 is 0 Å². The van der Waals surface area contributed by atoms with Crippen molar-refractivity contribution < 1.29 is 14.3 Å². The van der Waals surface area contributed by atoms with Gasteiger partial charge < -0.3 is 20.6 Å². The number of nitrogens with two attached hydrogens (primary N) is 1. The fourth-order valence-corrected chi connectivity index (χ4v) is 2.45. The summed E-state index contributed by atoms with van der Waals surface area (Å²) in [6, 6.07) is 5.23. The largest absolute Gasteiger partial charge is 0.454 e. The van der Waals surface area contributed by atoms with Crippen molar-refractivity contribution in [3.05, 3.63) is 24.0 Å². The van der Waals surface area contributed by atoms with Crippen molar-refractivity contribution in [1.82, 2.24) is 14.9 Å². The zero-order chi connectivity index (χ0) is 14.8. The van der Waals surface area contributed by atoms with Gasteiger partial charge in [0, 0.05) is 11.8 Å². The third-order valence-electron chi connectivity index (χ3n) is 2.82. The highest BCUT2D eigenvalue weighted by Crippen LogP contribution is 2.34. The molecule has 9 heteroatoms. The van der Waals surface area contributed by atoms with E-state index in [2.05, 4.69) is 15.5 Å². The van der Waals surface area contributed by atoms with Crippen molar-refractivity contribution in [2.75, 3.05) is 23.7 Å². The van der Waals surface area contributed by atoms with Gasteiger partial charge in [-0.25, -0.2) is 4.68 Å². The van der Waals surface area contributed by atoms with Gasteiger partial charge in [-0.1, -0.05) is 11.8 Å². The Morgan fingerprint density at radius 1 is 1.43 bits per heavy atom. The fraction of sp³-hybridized carbons (Fsp3) is 0.250. The van der Waals surface area contributed by atoms with Crippen LogP contribution < -0.4 is 20.6 Å². The van der Waals surface area contributed by atoms with Gasteiger partial charge in [-0.05, 0) is 19.1 Å². The Hall–Kier alpha value is -2.42. The molecule has 1 aromatic heterocycles. The van der Waals surface area contributed by atoms with E-state index in [1.807, 2.05) is 0 Å². The standard InChI is InChI=1S/C12H13N5O3S/c1-7-15-16-12(17(7)13)21-5-11(18)14-8-2-3-9-10(4-8)20-6-19-9/h2-4H,5-6,13H2,1H3,(H,14,18). The van der Waals surface area contributed by atoms with Crippen molar-refractivity contribution in [3.8, 4) is 11.5 Å². The van der Waals surface area contributed by atoms with Crippen LogP contribution in [0.2, 0.25) is 0 Å². The van der Waals surface area contributed by atoms with Crippen LogP contribution in [0.25, 0.3) is 0 Å². The number of nitrogen functional groups attached to an aromatic ring is 1. The normalized spacial score (nSPS) is 12.4. The molecule has 0 unspecified atom stereocenters. The SMILES string of the molecule is Cc1nnc(SCC(=O)Nc2ccc3c(c2)OCO3)n1N. The highest BCUT2D eigenvalue weighted by Gasteiger charge is 2.15. The van der Waals surface area contributed by atoms with E-state index < -0.39 is 0 Å². The van der Waals surface area contributed by atoms with Crippen LogP contribution in [0.5, 0.6) is 11.5 Å². The highest BCUT2D eigenvalue weighted by molar-refractivity contribution is 7.99. The van der Waals surface area contributed by atoms with Crippen LogP contribution in [0.1, 0.15) is 5.82 Å². The summed E-state index contributed by atoms with van der Waals surface area (Å²) in [5, 5.41) is 11.0. The van der Waals surface area contributed by atoms with Crippen molar-refractivity contribution >= 4 is 23.4 Å². The van der Waals surface area contributed by atoms with E-state index in [-0.39, 0.29) is 18.5 Å². The molecule has 110 valence electrons. The number of thioether (sulfide) groups is 1. The van der Waals surface area contributed by atoms with Crippen molar-refractivity contribution in [2.45, 2.75) is 12.1 Å². The molecule has 3 rings (SSSR count). The predicted octanol–water partition coefficient (Wildman–Crippen LogP) is 0.760. The Kier molecular flexibility index (Phi) is 3.57. The second-order valence-corrected chi connectivity index (χ2v) is 5.25. The van der Waals surface area contributed by atoms with Gasteiger partial charge in [0.2, 0.25) is 17.9 Å². The molecule has 3 N–H and O–H groups in total. The van der Waals surface area contributed by atoms with Crippen molar-refractivity contribution in [1.29, 1.82) is 0 Å². The first-order chi connectivity index (χ1) is 10.1. The average molecular weight is 307 g/mol. The number of carbonyl (C=O) groups is 1. The molecular formula is C12H13N5O3S. The summed E-state index contributed by atoms with van der Waals surface area (Å²) in [6.07, 6.45) is 0. The fourth-order valence-electron chi connectivity index (χ4n) is 1.75. The van der Waals surface area contributed by atoms with Gasteiger partial charge in [-0.2, -0.15) is 0 Å². The van der Waals surface area contributed by atoms with E-state index in [1.54, 1.807) is 25.1 Å². The maximum absolute atomic E-state index is 11.9. The topological polar surface area (TPSA) is 104 Å². The summed E-state index contributed by atoms with van der Waals surface area (Å²) < 4.78 is 11.8. The van der Waals surface area contributed by atoms with E-state index in [9.17, 15) is 4.79 Å². The molecule has 0 radical (unpaired) electrons. The maximum Gasteiger partial charge on any atom is 0.234 e. The molecule has 0 fully saturated rings. The van der Waals surface area contributed by atoms with Crippen LogP contribution in [0.4, 0.5) is 5.69 Å². The van der Waals surface area contributed by atoms with Crippen LogP contribution in [0.3, 0.4) is 0 Å². The summed E-state index contributed by atoms with van der Waals surface area (Å²) in [5.41, 5.74) is 0.648. The van der Waals surface area contributed by atoms with Gasteiger partial charge in [-0.3, -0.25) is 4.79 Å². The molecule has 1 aromatic carbocycles. The van der Waals surface area contributed by atoms with Gasteiger partial charge in [0.15, 0.2) is 11.5 Å². The number of fused-ring (bicyclic) bond motifs is 1. The van der Waals surface area contributed by atoms with Crippen molar-refractivity contribution in [2.24, 2.45) is 0 Å². The molecule has 0 aliphatic carbocycles. The predicted molar refractivity (Wildman–Crippen MR) is 76.8 cm³/mol. The Labute approximate surface area is 124 Å². The van der Waals surface area contributed by atoms with Crippen LogP contribution in [-0.4, -0.2) is 33.3 Å². The number of hydrogen-bond acceptors (Lipinski definition) is 7. The van der Waals surface area contributed by atoms with Gasteiger partial charge in [0.05, 0.1) is 5.75 Å². The van der Waals surface area contributed by atoms with Gasteiger partial charge in [0.25, 0.3) is 0 Å². The molecule has 0 atom stereocenters. The summed E-state index contributed by atoms with van der Waals surface area (Å²) in [5.74, 6) is 7.62. The van der Waals surface area contributed by atoms with E-state index in [0.717, 1.165) is 0 Å². The Morgan fingerprint density at radius 2 is 2.24 bits per heavy atom. The minimum Gasteiger partial charge on any atom is -0.454 e. The molecule has 0 bridgehead atoms. The number of nitrogens with one attached hydrogen (secondary N) is 1. The molecule has 1 aliphatic heterocycles. The van der Waals surface area contributed by atoms with Crippen LogP contribution in [0.15, 0.2) is 23.4 Å². The van der Waals surface area contributed by atoms with E-state index in [0.29, 0.717) is 28.2 Å². The molecule has 0 spiro atoms. The minimum absolute atomic E-state index is 0.167. The number of aromatic nitrogens is 3. The number of hydrogen-bond donors (Lipinski definition) is 2. The Bertz CT molecular complexity index is 688. The molecule has 21 heavy (non-hydrogen) atoms. The summed E-state index contributed by atoms with van der Waals surface area (Å²) in [6.45, 7) is 1.94. The Morgan fingerprint density at radius 3 is 3.00 bits per heavy atom. The maximum atomic E-state index is 11.9. The number of nitrogens with zero attached hydrogens (tertiary/aromatic N) is 3. The van der Waals surface area contributed by atoms with Crippen LogP contribution in [-0.2, 0) is 4.79 Å². The summed E-state index contributed by atoms with van der Waals surface area (Å²) in [4.78, 5) is 11.9. The monoisotopic (exact) mass is 307 g/mol. The number of carbonyl (C=O) groups excluding carboxylic acids is 1. The van der Waals surface area contributed by atoms with Crippen LogP contribution >= 0.6 is 11.8 Å². The second-order valence-electron chi connectivity index (χ2n) is 4.30. The zero-order valence-electron chi connectivity index (χ0n) is 11.2. The number of anilines is 1. The first kappa shape index (κ1) is 13.6. The highest BCUT2D eigenvalue weighted by atomic mass is 32.2. The molecule has 2 aromatic rings. The molecule has 1 aliphatic rings. The first-order valence-corrected chi connectivity index (χ1v) is 7.11. The van der Waals surface area contributed by atoms with Gasteiger partial charge in [-0.15, -0.1) is 10.2 Å². The third kappa shape index (κ3) is 2.87. The lowest BCUT2D eigenvalue weighted by Crippen LogP contribution is -2.16. The van der Waals surface area contributed by atoms with Gasteiger partial charge in [0.1, 0.15) is 5.82 Å². The van der Waals surface area contributed by atoms with E-state index in [4.69, 9.17) is 15.3 Å². The molecule has 0 saturated carbocycles. The zero-order valence-corrected chi connectivity index (χ0v) is 12.0. The molecule has 0 saturated heterocycles. The Balaban J connectivity index is 1.58. The second kappa shape index (κ2) is 5.52. The number of ether oxygens (including phenoxy) is 2. The first-order valence-electron chi connectivity index (χ1n) is 6.13. The van der Waals surface area contributed by atoms with Crippen LogP contribution in [0, 0.1) is 6.92 Å². The smallest absolute Gasteiger partial charge is 0.234 e. The quantitative estimate of drug-likeness (QED) is 0.634. The lowest BCUT2D eigenvalue weighted by atomic mass is 10.3. The number of amides is 1. The molecule has 8 nitrogen and oxygen atoms in total. The third-order valence-corrected chi connectivity index (χ3v) is 3.77. The number of aryl methyl sites for hydroxylation is 1. The number of rotatable bonds is 4. The molecule has 2 heterocycles. The molecule has 1 amide bonds. The lowest BCUT2D eigenvalue weighted by molar-refractivity contribution is -0.113. The summed E-state index contributed by atoms with van der Waals surface area (Å²) >= 11 is 1.22. The molecular weight excluding hydrogens is 294 g/mol. The lowest BCUT2D eigenvalue weighted by Gasteiger charge is -2.06. The van der Waals surface area contributed by atoms with E-state index in [1.165, 1.54) is 16.4 Å². The minimum atomic E-state index is -0.167.